The van der Waals surface area contributed by atoms with Crippen molar-refractivity contribution < 1.29 is 14.3 Å². The smallest absolute Gasteiger partial charge is 0.327 e. The Hall–Kier alpha value is -1.88. The van der Waals surface area contributed by atoms with Crippen molar-refractivity contribution in [2.75, 3.05) is 26.7 Å². The number of ether oxygens (including phenoxy) is 1. The summed E-state index contributed by atoms with van der Waals surface area (Å²) in [7, 11) is 1.34. The monoisotopic (exact) mass is 278 g/mol. The highest BCUT2D eigenvalue weighted by Crippen LogP contribution is 2.13. The lowest BCUT2D eigenvalue weighted by molar-refractivity contribution is -0.143. The highest BCUT2D eigenvalue weighted by molar-refractivity contribution is 5.81. The minimum atomic E-state index is -0.624. The summed E-state index contributed by atoms with van der Waals surface area (Å²) in [4.78, 5) is 25.5. The first kappa shape index (κ1) is 16.2. The predicted octanol–water partition coefficient (Wildman–Crippen LogP) is 1.36. The van der Waals surface area contributed by atoms with Crippen LogP contribution in [0.4, 0.5) is 0 Å². The van der Waals surface area contributed by atoms with Crippen molar-refractivity contribution in [3.8, 4) is 0 Å². The molecule has 0 saturated carbocycles. The number of carbonyl (C=O) groups excluding carboxylic acids is 2. The predicted molar refractivity (Wildman–Crippen MR) is 77.1 cm³/mol. The molecule has 0 aliphatic heterocycles. The van der Waals surface area contributed by atoms with Gasteiger partial charge in [-0.05, 0) is 19.4 Å². The van der Waals surface area contributed by atoms with E-state index in [9.17, 15) is 9.59 Å². The van der Waals surface area contributed by atoms with Gasteiger partial charge in [-0.3, -0.25) is 10.1 Å². The van der Waals surface area contributed by atoms with Crippen LogP contribution < -0.4 is 5.32 Å². The first-order valence-electron chi connectivity index (χ1n) is 6.77. The van der Waals surface area contributed by atoms with Crippen molar-refractivity contribution in [1.29, 1.82) is 0 Å². The minimum Gasteiger partial charge on any atom is -0.468 e. The van der Waals surface area contributed by atoms with Crippen LogP contribution in [0.2, 0.25) is 0 Å². The summed E-state index contributed by atoms with van der Waals surface area (Å²) in [5.74, 6) is -0.427. The van der Waals surface area contributed by atoms with E-state index in [1.54, 1.807) is 4.90 Å². The normalized spacial score (nSPS) is 11.8. The quantitative estimate of drug-likeness (QED) is 0.765. The van der Waals surface area contributed by atoms with Crippen molar-refractivity contribution >= 4 is 11.9 Å². The second kappa shape index (κ2) is 8.32. The lowest BCUT2D eigenvalue weighted by Crippen LogP contribution is -2.41. The molecule has 1 atom stereocenters. The molecule has 1 N–H and O–H groups in total. The molecule has 0 bridgehead atoms. The Balaban J connectivity index is 2.72. The molecule has 1 unspecified atom stereocenters. The van der Waals surface area contributed by atoms with Gasteiger partial charge in [0.2, 0.25) is 5.91 Å². The van der Waals surface area contributed by atoms with Gasteiger partial charge in [-0.25, -0.2) is 4.79 Å². The highest BCUT2D eigenvalue weighted by Gasteiger charge is 2.22. The number of esters is 1. The Morgan fingerprint density at radius 1 is 1.20 bits per heavy atom. The molecule has 0 aliphatic carbocycles. The molecule has 0 radical (unpaired) electrons. The maximum atomic E-state index is 12.0. The molecule has 5 heteroatoms. The van der Waals surface area contributed by atoms with Gasteiger partial charge in [0, 0.05) is 13.1 Å². The Morgan fingerprint density at radius 3 is 2.30 bits per heavy atom. The molecule has 20 heavy (non-hydrogen) atoms. The zero-order valence-electron chi connectivity index (χ0n) is 12.3. The average molecular weight is 278 g/mol. The van der Waals surface area contributed by atoms with Crippen LogP contribution in [0.25, 0.3) is 0 Å². The fourth-order valence-electron chi connectivity index (χ4n) is 1.98. The number of hydrogen-bond donors (Lipinski definition) is 1. The van der Waals surface area contributed by atoms with Crippen molar-refractivity contribution in [1.82, 2.24) is 10.2 Å². The van der Waals surface area contributed by atoms with Gasteiger partial charge in [-0.15, -0.1) is 0 Å². The lowest BCUT2D eigenvalue weighted by atomic mass is 10.1. The van der Waals surface area contributed by atoms with E-state index in [1.807, 2.05) is 44.2 Å². The second-order valence-corrected chi connectivity index (χ2v) is 4.31. The first-order chi connectivity index (χ1) is 9.63. The largest absolute Gasteiger partial charge is 0.468 e. The molecule has 110 valence electrons. The van der Waals surface area contributed by atoms with Crippen molar-refractivity contribution in [2.24, 2.45) is 0 Å². The third-order valence-electron chi connectivity index (χ3n) is 3.14. The van der Waals surface area contributed by atoms with Gasteiger partial charge in [-0.2, -0.15) is 0 Å². The van der Waals surface area contributed by atoms with Gasteiger partial charge in [0.05, 0.1) is 13.7 Å². The van der Waals surface area contributed by atoms with Crippen molar-refractivity contribution in [2.45, 2.75) is 19.9 Å². The molecule has 0 fully saturated rings. The molecule has 1 rings (SSSR count). The fourth-order valence-corrected chi connectivity index (χ4v) is 1.98. The first-order valence-corrected chi connectivity index (χ1v) is 6.77. The van der Waals surface area contributed by atoms with Gasteiger partial charge in [0.15, 0.2) is 0 Å². The van der Waals surface area contributed by atoms with Crippen LogP contribution in [0.3, 0.4) is 0 Å². The van der Waals surface area contributed by atoms with Crippen LogP contribution in [-0.4, -0.2) is 43.5 Å². The van der Waals surface area contributed by atoms with Crippen molar-refractivity contribution in [3.05, 3.63) is 35.9 Å². The van der Waals surface area contributed by atoms with E-state index in [0.717, 1.165) is 5.56 Å². The van der Waals surface area contributed by atoms with Crippen LogP contribution in [-0.2, 0) is 14.3 Å². The van der Waals surface area contributed by atoms with Crippen LogP contribution in [0.15, 0.2) is 30.3 Å². The van der Waals surface area contributed by atoms with Crippen LogP contribution in [0.1, 0.15) is 25.5 Å². The Morgan fingerprint density at radius 2 is 1.80 bits per heavy atom. The van der Waals surface area contributed by atoms with E-state index in [-0.39, 0.29) is 12.5 Å². The molecule has 0 aromatic heterocycles. The van der Waals surface area contributed by atoms with Gasteiger partial charge in [0.25, 0.3) is 0 Å². The molecule has 1 amide bonds. The van der Waals surface area contributed by atoms with Gasteiger partial charge >= 0.3 is 5.97 Å². The Bertz CT molecular complexity index is 430. The van der Waals surface area contributed by atoms with Gasteiger partial charge < -0.3 is 9.64 Å². The summed E-state index contributed by atoms with van der Waals surface area (Å²) in [6, 6.07) is 8.60. The lowest BCUT2D eigenvalue weighted by Gasteiger charge is -2.21. The summed E-state index contributed by atoms with van der Waals surface area (Å²) in [5, 5.41) is 2.97. The van der Waals surface area contributed by atoms with E-state index in [0.29, 0.717) is 13.1 Å². The maximum Gasteiger partial charge on any atom is 0.327 e. The standard InChI is InChI=1S/C15H22N2O3/c1-4-17(5-2)13(18)11-16-14(15(19)20-3)12-9-7-6-8-10-12/h6-10,14,16H,4-5,11H2,1-3H3. The highest BCUT2D eigenvalue weighted by atomic mass is 16.5. The Kier molecular flexibility index (Phi) is 6.73. The minimum absolute atomic E-state index is 0.0279. The number of nitrogens with zero attached hydrogens (tertiary/aromatic N) is 1. The van der Waals surface area contributed by atoms with Crippen LogP contribution in [0, 0.1) is 0 Å². The third-order valence-corrected chi connectivity index (χ3v) is 3.14. The number of methoxy groups -OCH3 is 1. The van der Waals surface area contributed by atoms with E-state index in [1.165, 1.54) is 7.11 Å². The number of likely N-dealkylation sites (N-methyl/N-ethyl adjacent to an activating group) is 1. The summed E-state index contributed by atoms with van der Waals surface area (Å²) in [5.41, 5.74) is 0.784. The van der Waals surface area contributed by atoms with E-state index in [2.05, 4.69) is 5.32 Å². The average Bonchev–Trinajstić information content (AvgIpc) is 2.49. The molecule has 0 saturated heterocycles. The number of hydrogen-bond acceptors (Lipinski definition) is 4. The zero-order chi connectivity index (χ0) is 15.0. The molecule has 5 nitrogen and oxygen atoms in total. The van der Waals surface area contributed by atoms with Crippen molar-refractivity contribution in [3.63, 3.8) is 0 Å². The SMILES string of the molecule is CCN(CC)C(=O)CNC(C(=O)OC)c1ccccc1. The van der Waals surface area contributed by atoms with Gasteiger partial charge in [-0.1, -0.05) is 30.3 Å². The third kappa shape index (κ3) is 4.35. The van der Waals surface area contributed by atoms with E-state index in [4.69, 9.17) is 4.74 Å². The maximum absolute atomic E-state index is 12.0. The number of benzene rings is 1. The molecule has 0 spiro atoms. The molecule has 1 aromatic carbocycles. The number of nitrogens with one attached hydrogen (secondary N) is 1. The summed E-state index contributed by atoms with van der Waals surface area (Å²) in [6.45, 7) is 5.28. The number of carbonyl (C=O) groups is 2. The summed E-state index contributed by atoms with van der Waals surface area (Å²) >= 11 is 0. The van der Waals surface area contributed by atoms with Gasteiger partial charge in [0.1, 0.15) is 6.04 Å². The van der Waals surface area contributed by atoms with E-state index < -0.39 is 12.0 Å². The van der Waals surface area contributed by atoms with Crippen LogP contribution >= 0.6 is 0 Å². The van der Waals surface area contributed by atoms with E-state index >= 15 is 0 Å². The fraction of sp³-hybridized carbons (Fsp3) is 0.467. The Labute approximate surface area is 119 Å². The zero-order valence-corrected chi connectivity index (χ0v) is 12.3. The molecule has 1 aromatic rings. The molecular weight excluding hydrogens is 256 g/mol. The number of rotatable bonds is 7. The molecule has 0 heterocycles. The second-order valence-electron chi connectivity index (χ2n) is 4.31. The molecular formula is C15H22N2O3. The molecule has 0 aliphatic rings. The van der Waals surface area contributed by atoms with Crippen LogP contribution in [0.5, 0.6) is 0 Å². The topological polar surface area (TPSA) is 58.6 Å². The number of amides is 1. The summed E-state index contributed by atoms with van der Waals surface area (Å²) < 4.78 is 4.79. The summed E-state index contributed by atoms with van der Waals surface area (Å²) in [6.07, 6.45) is 0.